The van der Waals surface area contributed by atoms with E-state index in [-0.39, 0.29) is 17.2 Å². The molecule has 0 aliphatic heterocycles. The molecular weight excluding hydrogens is 306 g/mol. The van der Waals surface area contributed by atoms with Crippen LogP contribution in [-0.4, -0.2) is 30.8 Å². The van der Waals surface area contributed by atoms with Gasteiger partial charge in [0.1, 0.15) is 5.75 Å². The average Bonchev–Trinajstić information content (AvgIpc) is 2.90. The number of aromatic carboxylic acids is 1. The SMILES string of the molecule is Cc1cc(O)cc(C)c1-c1cc(C(=O)O)cn2nc(C(C)C)nc12. The molecule has 0 fully saturated rings. The summed E-state index contributed by atoms with van der Waals surface area (Å²) in [4.78, 5) is 16.1. The molecule has 0 unspecified atom stereocenters. The summed E-state index contributed by atoms with van der Waals surface area (Å²) in [5, 5.41) is 23.6. The molecule has 0 spiro atoms. The second kappa shape index (κ2) is 5.63. The van der Waals surface area contributed by atoms with E-state index in [1.807, 2.05) is 27.7 Å². The lowest BCUT2D eigenvalue weighted by molar-refractivity contribution is 0.0696. The van der Waals surface area contributed by atoms with Crippen LogP contribution >= 0.6 is 0 Å². The summed E-state index contributed by atoms with van der Waals surface area (Å²) in [5.41, 5.74) is 4.02. The van der Waals surface area contributed by atoms with Crippen molar-refractivity contribution in [3.63, 3.8) is 0 Å². The molecule has 24 heavy (non-hydrogen) atoms. The van der Waals surface area contributed by atoms with E-state index >= 15 is 0 Å². The van der Waals surface area contributed by atoms with Crippen molar-refractivity contribution in [2.45, 2.75) is 33.6 Å². The summed E-state index contributed by atoms with van der Waals surface area (Å²) in [6, 6.07) is 4.93. The topological polar surface area (TPSA) is 87.7 Å². The molecule has 0 atom stereocenters. The third kappa shape index (κ3) is 2.60. The molecule has 1 aromatic carbocycles. The van der Waals surface area contributed by atoms with Crippen LogP contribution < -0.4 is 0 Å². The van der Waals surface area contributed by atoms with Crippen LogP contribution in [0, 0.1) is 13.8 Å². The molecule has 6 heteroatoms. The molecule has 0 aliphatic carbocycles. The van der Waals surface area contributed by atoms with Crippen molar-refractivity contribution in [2.24, 2.45) is 0 Å². The molecule has 0 aliphatic rings. The second-order valence-corrected chi connectivity index (χ2v) is 6.30. The first-order chi connectivity index (χ1) is 11.3. The lowest BCUT2D eigenvalue weighted by Crippen LogP contribution is -2.02. The Bertz CT molecular complexity index is 935. The van der Waals surface area contributed by atoms with E-state index in [4.69, 9.17) is 0 Å². The van der Waals surface area contributed by atoms with Gasteiger partial charge >= 0.3 is 5.97 Å². The van der Waals surface area contributed by atoms with Gasteiger partial charge in [0.25, 0.3) is 0 Å². The zero-order chi connectivity index (χ0) is 17.6. The summed E-state index contributed by atoms with van der Waals surface area (Å²) in [6.07, 6.45) is 1.48. The monoisotopic (exact) mass is 325 g/mol. The highest BCUT2D eigenvalue weighted by Crippen LogP contribution is 2.33. The van der Waals surface area contributed by atoms with Gasteiger partial charge < -0.3 is 10.2 Å². The molecule has 2 aromatic heterocycles. The first kappa shape index (κ1) is 16.0. The Kier molecular flexibility index (Phi) is 3.75. The maximum absolute atomic E-state index is 11.5. The lowest BCUT2D eigenvalue weighted by Gasteiger charge is -2.12. The highest BCUT2D eigenvalue weighted by molar-refractivity contribution is 5.92. The Labute approximate surface area is 139 Å². The van der Waals surface area contributed by atoms with E-state index in [1.54, 1.807) is 18.2 Å². The molecule has 0 amide bonds. The summed E-state index contributed by atoms with van der Waals surface area (Å²) in [5.74, 6) is -0.0433. The smallest absolute Gasteiger partial charge is 0.337 e. The zero-order valence-electron chi connectivity index (χ0n) is 14.0. The predicted molar refractivity (Wildman–Crippen MR) is 90.6 cm³/mol. The molecule has 3 rings (SSSR count). The number of hydrogen-bond donors (Lipinski definition) is 2. The van der Waals surface area contributed by atoms with E-state index in [0.29, 0.717) is 17.0 Å². The van der Waals surface area contributed by atoms with E-state index in [0.717, 1.165) is 16.7 Å². The van der Waals surface area contributed by atoms with Gasteiger partial charge in [0.05, 0.1) is 5.56 Å². The Balaban J connectivity index is 2.39. The van der Waals surface area contributed by atoms with Crippen LogP contribution in [0.4, 0.5) is 0 Å². The van der Waals surface area contributed by atoms with Crippen LogP contribution in [0.25, 0.3) is 16.8 Å². The third-order valence-electron chi connectivity index (χ3n) is 4.00. The fourth-order valence-electron chi connectivity index (χ4n) is 2.91. The number of phenolic OH excluding ortho intramolecular Hbond substituents is 1. The zero-order valence-corrected chi connectivity index (χ0v) is 14.0. The summed E-state index contributed by atoms with van der Waals surface area (Å²) >= 11 is 0. The molecule has 3 aromatic rings. The minimum Gasteiger partial charge on any atom is -0.508 e. The number of phenols is 1. The minimum atomic E-state index is -1.02. The van der Waals surface area contributed by atoms with Crippen LogP contribution in [0.3, 0.4) is 0 Å². The number of rotatable bonds is 3. The number of aryl methyl sites for hydroxylation is 2. The first-order valence-electron chi connectivity index (χ1n) is 7.72. The molecule has 0 bridgehead atoms. The number of pyridine rings is 1. The Morgan fingerprint density at radius 2 is 1.79 bits per heavy atom. The highest BCUT2D eigenvalue weighted by atomic mass is 16.4. The van der Waals surface area contributed by atoms with Gasteiger partial charge in [-0.1, -0.05) is 13.8 Å². The number of benzene rings is 1. The predicted octanol–water partition coefficient (Wildman–Crippen LogP) is 3.54. The van der Waals surface area contributed by atoms with Crippen LogP contribution in [0.1, 0.15) is 47.1 Å². The standard InChI is InChI=1S/C18H19N3O3/c1-9(2)16-19-17-14(7-12(18(23)24)8-21(17)20-16)15-10(3)5-13(22)6-11(15)4/h5-9,22H,1-4H3,(H,23,24). The summed E-state index contributed by atoms with van der Waals surface area (Å²) < 4.78 is 1.53. The minimum absolute atomic E-state index is 0.132. The highest BCUT2D eigenvalue weighted by Gasteiger charge is 2.18. The van der Waals surface area contributed by atoms with E-state index in [9.17, 15) is 15.0 Å². The number of aromatic nitrogens is 3. The fraction of sp³-hybridized carbons (Fsp3) is 0.278. The van der Waals surface area contributed by atoms with E-state index in [2.05, 4.69) is 10.1 Å². The van der Waals surface area contributed by atoms with Gasteiger partial charge in [0.2, 0.25) is 0 Å². The van der Waals surface area contributed by atoms with Crippen molar-refractivity contribution in [3.05, 3.63) is 46.9 Å². The number of hydrogen-bond acceptors (Lipinski definition) is 4. The fourth-order valence-corrected chi connectivity index (χ4v) is 2.91. The van der Waals surface area contributed by atoms with Gasteiger partial charge in [-0.15, -0.1) is 0 Å². The third-order valence-corrected chi connectivity index (χ3v) is 4.00. The molecular formula is C18H19N3O3. The van der Waals surface area contributed by atoms with Crippen LogP contribution in [0.15, 0.2) is 24.4 Å². The molecule has 0 saturated carbocycles. The quantitative estimate of drug-likeness (QED) is 0.769. The number of carboxylic acids is 1. The van der Waals surface area contributed by atoms with Gasteiger partial charge in [-0.2, -0.15) is 5.10 Å². The van der Waals surface area contributed by atoms with Gasteiger partial charge in [0.15, 0.2) is 11.5 Å². The molecule has 2 N–H and O–H groups in total. The van der Waals surface area contributed by atoms with Crippen molar-refractivity contribution in [3.8, 4) is 16.9 Å². The van der Waals surface area contributed by atoms with Crippen molar-refractivity contribution in [2.75, 3.05) is 0 Å². The maximum atomic E-state index is 11.5. The Hall–Kier alpha value is -2.89. The van der Waals surface area contributed by atoms with Crippen LogP contribution in [0.2, 0.25) is 0 Å². The number of carboxylic acid groups (broad SMARTS) is 1. The maximum Gasteiger partial charge on any atom is 0.337 e. The number of nitrogens with zero attached hydrogens (tertiary/aromatic N) is 3. The van der Waals surface area contributed by atoms with Gasteiger partial charge in [-0.3, -0.25) is 0 Å². The second-order valence-electron chi connectivity index (χ2n) is 6.30. The molecule has 2 heterocycles. The molecule has 6 nitrogen and oxygen atoms in total. The molecule has 0 radical (unpaired) electrons. The van der Waals surface area contributed by atoms with Crippen molar-refractivity contribution in [1.29, 1.82) is 0 Å². The first-order valence-corrected chi connectivity index (χ1v) is 7.72. The van der Waals surface area contributed by atoms with E-state index in [1.165, 1.54) is 10.7 Å². The number of carbonyl (C=O) groups is 1. The Morgan fingerprint density at radius 1 is 1.17 bits per heavy atom. The summed E-state index contributed by atoms with van der Waals surface area (Å²) in [6.45, 7) is 7.74. The summed E-state index contributed by atoms with van der Waals surface area (Å²) in [7, 11) is 0. The normalized spacial score (nSPS) is 11.4. The Morgan fingerprint density at radius 3 is 2.33 bits per heavy atom. The van der Waals surface area contributed by atoms with Crippen molar-refractivity contribution >= 4 is 11.6 Å². The van der Waals surface area contributed by atoms with Crippen LogP contribution in [-0.2, 0) is 0 Å². The molecule has 0 saturated heterocycles. The van der Waals surface area contributed by atoms with Crippen molar-refractivity contribution in [1.82, 2.24) is 14.6 Å². The lowest BCUT2D eigenvalue weighted by atomic mass is 9.95. The number of fused-ring (bicyclic) bond motifs is 1. The molecule has 124 valence electrons. The van der Waals surface area contributed by atoms with Crippen LogP contribution in [0.5, 0.6) is 5.75 Å². The van der Waals surface area contributed by atoms with Gasteiger partial charge in [0, 0.05) is 17.7 Å². The van der Waals surface area contributed by atoms with E-state index < -0.39 is 5.97 Å². The van der Waals surface area contributed by atoms with Crippen molar-refractivity contribution < 1.29 is 15.0 Å². The largest absolute Gasteiger partial charge is 0.508 e. The van der Waals surface area contributed by atoms with Gasteiger partial charge in [-0.25, -0.2) is 14.3 Å². The van der Waals surface area contributed by atoms with Gasteiger partial charge in [-0.05, 0) is 48.7 Å². The average molecular weight is 325 g/mol. The number of aromatic hydroxyl groups is 1.